The molecular formula is C11H7ClF2N2O. The summed E-state index contributed by atoms with van der Waals surface area (Å²) >= 11 is 5.53. The summed E-state index contributed by atoms with van der Waals surface area (Å²) in [4.78, 5) is 17.3. The number of hydrogen-bond acceptors (Lipinski definition) is 2. The molecule has 1 N–H and O–H groups in total. The number of nitrogens with zero attached hydrogens (tertiary/aromatic N) is 1. The molecule has 2 aromatic rings. The van der Waals surface area contributed by atoms with Crippen LogP contribution in [0.15, 0.2) is 23.0 Å². The predicted octanol–water partition coefficient (Wildman–Crippen LogP) is 2.68. The lowest BCUT2D eigenvalue weighted by Gasteiger charge is -2.03. The van der Waals surface area contributed by atoms with E-state index in [9.17, 15) is 13.6 Å². The Labute approximate surface area is 100 Å². The van der Waals surface area contributed by atoms with Gasteiger partial charge in [-0.2, -0.15) is 4.39 Å². The lowest BCUT2D eigenvalue weighted by atomic mass is 10.2. The number of halogens is 3. The minimum atomic E-state index is -0.941. The predicted molar refractivity (Wildman–Crippen MR) is 60.0 cm³/mol. The standard InChI is InChI=1S/C11H7ClF2N2O/c1-5-9(14)11(17)16-10(15-5)6-2-3-7(12)8(13)4-6/h2-4H,1H3,(H,15,16,17). The van der Waals surface area contributed by atoms with Crippen molar-refractivity contribution in [1.29, 1.82) is 0 Å². The molecule has 2 rings (SSSR count). The Balaban J connectivity index is 2.61. The van der Waals surface area contributed by atoms with Gasteiger partial charge in [0.25, 0.3) is 5.56 Å². The summed E-state index contributed by atoms with van der Waals surface area (Å²) in [6, 6.07) is 3.95. The van der Waals surface area contributed by atoms with E-state index in [-0.39, 0.29) is 16.5 Å². The van der Waals surface area contributed by atoms with Gasteiger partial charge in [-0.3, -0.25) is 4.79 Å². The number of aromatic amines is 1. The molecule has 0 saturated heterocycles. The van der Waals surface area contributed by atoms with Crippen molar-refractivity contribution in [3.63, 3.8) is 0 Å². The van der Waals surface area contributed by atoms with Crippen LogP contribution in [0, 0.1) is 18.6 Å². The highest BCUT2D eigenvalue weighted by Gasteiger charge is 2.10. The van der Waals surface area contributed by atoms with Crippen molar-refractivity contribution in [3.05, 3.63) is 50.9 Å². The molecule has 0 unspecified atom stereocenters. The van der Waals surface area contributed by atoms with Crippen LogP contribution in [0.5, 0.6) is 0 Å². The molecule has 0 radical (unpaired) electrons. The molecule has 0 saturated carbocycles. The first-order valence-electron chi connectivity index (χ1n) is 4.71. The average molecular weight is 257 g/mol. The number of nitrogens with one attached hydrogen (secondary N) is 1. The average Bonchev–Trinajstić information content (AvgIpc) is 2.29. The van der Waals surface area contributed by atoms with Crippen LogP contribution in [0.3, 0.4) is 0 Å². The van der Waals surface area contributed by atoms with E-state index >= 15 is 0 Å². The van der Waals surface area contributed by atoms with Crippen LogP contribution >= 0.6 is 11.6 Å². The molecule has 1 aromatic heterocycles. The van der Waals surface area contributed by atoms with E-state index in [4.69, 9.17) is 11.6 Å². The van der Waals surface area contributed by atoms with Crippen molar-refractivity contribution in [1.82, 2.24) is 9.97 Å². The van der Waals surface area contributed by atoms with Gasteiger partial charge >= 0.3 is 0 Å². The minimum absolute atomic E-state index is 0.0325. The maximum atomic E-state index is 13.2. The first-order chi connectivity index (χ1) is 7.99. The number of hydrogen-bond donors (Lipinski definition) is 1. The van der Waals surface area contributed by atoms with Crippen LogP contribution in [0.2, 0.25) is 5.02 Å². The van der Waals surface area contributed by atoms with Gasteiger partial charge in [-0.1, -0.05) is 11.6 Å². The van der Waals surface area contributed by atoms with E-state index in [1.54, 1.807) is 0 Å². The van der Waals surface area contributed by atoms with Gasteiger partial charge in [-0.15, -0.1) is 0 Å². The zero-order chi connectivity index (χ0) is 12.6. The lowest BCUT2D eigenvalue weighted by Crippen LogP contribution is -2.15. The highest BCUT2D eigenvalue weighted by Crippen LogP contribution is 2.21. The third kappa shape index (κ3) is 2.19. The molecule has 3 nitrogen and oxygen atoms in total. The maximum absolute atomic E-state index is 13.2. The Morgan fingerprint density at radius 3 is 2.65 bits per heavy atom. The summed E-state index contributed by atoms with van der Waals surface area (Å²) in [6.45, 7) is 1.36. The van der Waals surface area contributed by atoms with E-state index in [2.05, 4.69) is 9.97 Å². The second-order valence-electron chi connectivity index (χ2n) is 3.44. The molecule has 17 heavy (non-hydrogen) atoms. The fraction of sp³-hybridized carbons (Fsp3) is 0.0909. The molecule has 6 heteroatoms. The fourth-order valence-corrected chi connectivity index (χ4v) is 1.47. The zero-order valence-corrected chi connectivity index (χ0v) is 9.48. The van der Waals surface area contributed by atoms with Crippen molar-refractivity contribution in [3.8, 4) is 11.4 Å². The fourth-order valence-electron chi connectivity index (χ4n) is 1.35. The van der Waals surface area contributed by atoms with Gasteiger partial charge in [0.15, 0.2) is 0 Å². The molecule has 0 aliphatic rings. The summed E-state index contributed by atoms with van der Waals surface area (Å²) in [5, 5.41) is -0.0325. The molecule has 88 valence electrons. The van der Waals surface area contributed by atoms with Crippen molar-refractivity contribution in [2.75, 3.05) is 0 Å². The van der Waals surface area contributed by atoms with E-state index < -0.39 is 17.2 Å². The van der Waals surface area contributed by atoms with Crippen molar-refractivity contribution in [2.24, 2.45) is 0 Å². The highest BCUT2D eigenvalue weighted by molar-refractivity contribution is 6.30. The minimum Gasteiger partial charge on any atom is -0.304 e. The molecule has 0 atom stereocenters. The van der Waals surface area contributed by atoms with Crippen LogP contribution in [0.1, 0.15) is 5.69 Å². The summed E-state index contributed by atoms with van der Waals surface area (Å²) in [5.41, 5.74) is -0.603. The first kappa shape index (κ1) is 11.7. The molecule has 0 aliphatic carbocycles. The second-order valence-corrected chi connectivity index (χ2v) is 3.85. The number of benzene rings is 1. The molecule has 0 spiro atoms. The summed E-state index contributed by atoms with van der Waals surface area (Å²) in [5.74, 6) is -1.47. The second kappa shape index (κ2) is 4.25. The number of rotatable bonds is 1. The Bertz CT molecular complexity index is 640. The smallest absolute Gasteiger partial charge is 0.287 e. The van der Waals surface area contributed by atoms with Gasteiger partial charge in [0.1, 0.15) is 11.6 Å². The Hall–Kier alpha value is -1.75. The van der Waals surface area contributed by atoms with Gasteiger partial charge in [0.05, 0.1) is 10.7 Å². The quantitative estimate of drug-likeness (QED) is 0.853. The Kier molecular flexibility index (Phi) is 2.93. The third-order valence-electron chi connectivity index (χ3n) is 2.22. The zero-order valence-electron chi connectivity index (χ0n) is 8.72. The lowest BCUT2D eigenvalue weighted by molar-refractivity contribution is 0.589. The van der Waals surface area contributed by atoms with Crippen LogP contribution < -0.4 is 5.56 Å². The van der Waals surface area contributed by atoms with Gasteiger partial charge in [0.2, 0.25) is 5.82 Å². The SMILES string of the molecule is Cc1nc(-c2ccc(Cl)c(F)c2)[nH]c(=O)c1F. The molecule has 0 amide bonds. The van der Waals surface area contributed by atoms with Crippen molar-refractivity contribution in [2.45, 2.75) is 6.92 Å². The molecule has 0 fully saturated rings. The molecule has 0 aliphatic heterocycles. The van der Waals surface area contributed by atoms with Crippen LogP contribution in [0.25, 0.3) is 11.4 Å². The van der Waals surface area contributed by atoms with Crippen LogP contribution in [-0.2, 0) is 0 Å². The highest BCUT2D eigenvalue weighted by atomic mass is 35.5. The maximum Gasteiger partial charge on any atom is 0.287 e. The van der Waals surface area contributed by atoms with Gasteiger partial charge in [0, 0.05) is 5.56 Å². The number of aromatic nitrogens is 2. The van der Waals surface area contributed by atoms with E-state index in [0.717, 1.165) is 6.07 Å². The summed E-state index contributed by atoms with van der Waals surface area (Å²) in [7, 11) is 0. The third-order valence-corrected chi connectivity index (χ3v) is 2.53. The monoisotopic (exact) mass is 256 g/mol. The van der Waals surface area contributed by atoms with Crippen molar-refractivity contribution >= 4 is 11.6 Å². The normalized spacial score (nSPS) is 10.6. The molecule has 1 heterocycles. The van der Waals surface area contributed by atoms with Crippen LogP contribution in [0.4, 0.5) is 8.78 Å². The molecule has 0 bridgehead atoms. The van der Waals surface area contributed by atoms with E-state index in [1.165, 1.54) is 19.1 Å². The van der Waals surface area contributed by atoms with Crippen LogP contribution in [-0.4, -0.2) is 9.97 Å². The molecule has 1 aromatic carbocycles. The van der Waals surface area contributed by atoms with E-state index in [1.807, 2.05) is 0 Å². The van der Waals surface area contributed by atoms with Gasteiger partial charge in [-0.25, -0.2) is 9.37 Å². The number of aryl methyl sites for hydroxylation is 1. The summed E-state index contributed by atoms with van der Waals surface area (Å²) in [6.07, 6.45) is 0. The topological polar surface area (TPSA) is 45.8 Å². The Morgan fingerprint density at radius 2 is 2.06 bits per heavy atom. The van der Waals surface area contributed by atoms with E-state index in [0.29, 0.717) is 5.56 Å². The van der Waals surface area contributed by atoms with Gasteiger partial charge < -0.3 is 4.98 Å². The van der Waals surface area contributed by atoms with Gasteiger partial charge in [-0.05, 0) is 25.1 Å². The summed E-state index contributed by atoms with van der Waals surface area (Å²) < 4.78 is 26.3. The van der Waals surface area contributed by atoms with Crippen molar-refractivity contribution < 1.29 is 8.78 Å². The Morgan fingerprint density at radius 1 is 1.35 bits per heavy atom. The first-order valence-corrected chi connectivity index (χ1v) is 5.08. The number of H-pyrrole nitrogens is 1. The molecular weight excluding hydrogens is 250 g/mol. The largest absolute Gasteiger partial charge is 0.304 e.